The van der Waals surface area contributed by atoms with E-state index in [1.807, 2.05) is 6.92 Å². The van der Waals surface area contributed by atoms with Crippen molar-refractivity contribution >= 4 is 11.6 Å². The van der Waals surface area contributed by atoms with Gasteiger partial charge in [-0.15, -0.1) is 0 Å². The topological polar surface area (TPSA) is 110 Å². The zero-order valence-electron chi connectivity index (χ0n) is 10.8. The van der Waals surface area contributed by atoms with Crippen LogP contribution in [-0.4, -0.2) is 38.4 Å². The summed E-state index contributed by atoms with van der Waals surface area (Å²) in [6.45, 7) is 2.45. The number of hydrogen-bond acceptors (Lipinski definition) is 5. The van der Waals surface area contributed by atoms with Crippen molar-refractivity contribution in [3.63, 3.8) is 0 Å². The molecule has 1 heterocycles. The molecule has 1 unspecified atom stereocenters. The van der Waals surface area contributed by atoms with Crippen LogP contribution in [0, 0.1) is 10.1 Å². The van der Waals surface area contributed by atoms with Gasteiger partial charge in [0, 0.05) is 19.5 Å². The smallest absolute Gasteiger partial charge is 0.306 e. The fraction of sp³-hybridized carbons (Fsp3) is 0.636. The SMILES string of the molecule is CCCC(O)CNC(=O)CCn1cc([N+](=O)[O-])cn1. The predicted octanol–water partition coefficient (Wildman–Crippen LogP) is 0.459. The van der Waals surface area contributed by atoms with E-state index in [1.165, 1.54) is 10.9 Å². The molecular formula is C11H18N4O4. The first-order valence-electron chi connectivity index (χ1n) is 6.14. The number of rotatable bonds is 8. The lowest BCUT2D eigenvalue weighted by Crippen LogP contribution is -2.32. The average molecular weight is 270 g/mol. The summed E-state index contributed by atoms with van der Waals surface area (Å²) in [5.41, 5.74) is -0.0984. The Labute approximate surface area is 110 Å². The molecule has 19 heavy (non-hydrogen) atoms. The summed E-state index contributed by atoms with van der Waals surface area (Å²) < 4.78 is 1.35. The van der Waals surface area contributed by atoms with Gasteiger partial charge < -0.3 is 10.4 Å². The molecule has 1 atom stereocenters. The summed E-state index contributed by atoms with van der Waals surface area (Å²) in [6.07, 6.45) is 3.55. The molecule has 0 fully saturated rings. The second-order valence-electron chi connectivity index (χ2n) is 4.22. The highest BCUT2D eigenvalue weighted by Crippen LogP contribution is 2.07. The van der Waals surface area contributed by atoms with Gasteiger partial charge in [-0.25, -0.2) is 0 Å². The van der Waals surface area contributed by atoms with E-state index in [-0.39, 0.29) is 31.1 Å². The Balaban J connectivity index is 2.27. The van der Waals surface area contributed by atoms with Gasteiger partial charge in [0.25, 0.3) is 0 Å². The molecule has 0 saturated heterocycles. The van der Waals surface area contributed by atoms with Crippen LogP contribution in [0.2, 0.25) is 0 Å². The number of carbonyl (C=O) groups excluding carboxylic acids is 1. The summed E-state index contributed by atoms with van der Waals surface area (Å²) in [5.74, 6) is -0.215. The van der Waals surface area contributed by atoms with Gasteiger partial charge in [0.15, 0.2) is 0 Å². The molecule has 8 heteroatoms. The van der Waals surface area contributed by atoms with E-state index in [0.717, 1.165) is 12.6 Å². The molecule has 0 aromatic carbocycles. The van der Waals surface area contributed by atoms with Crippen LogP contribution >= 0.6 is 0 Å². The molecule has 1 amide bonds. The highest BCUT2D eigenvalue weighted by Gasteiger charge is 2.10. The van der Waals surface area contributed by atoms with E-state index in [0.29, 0.717) is 6.42 Å². The van der Waals surface area contributed by atoms with Gasteiger partial charge in [-0.2, -0.15) is 5.10 Å². The first-order valence-corrected chi connectivity index (χ1v) is 6.14. The van der Waals surface area contributed by atoms with E-state index in [9.17, 15) is 20.0 Å². The normalized spacial score (nSPS) is 12.1. The monoisotopic (exact) mass is 270 g/mol. The lowest BCUT2D eigenvalue weighted by molar-refractivity contribution is -0.385. The van der Waals surface area contributed by atoms with Crippen LogP contribution in [0.1, 0.15) is 26.2 Å². The first kappa shape index (κ1) is 15.1. The summed E-state index contributed by atoms with van der Waals surface area (Å²) in [4.78, 5) is 21.4. The Kier molecular flexibility index (Phi) is 5.94. The summed E-state index contributed by atoms with van der Waals surface area (Å²) in [5, 5.41) is 26.3. The molecule has 0 radical (unpaired) electrons. The maximum Gasteiger partial charge on any atom is 0.306 e. The van der Waals surface area contributed by atoms with E-state index < -0.39 is 11.0 Å². The first-order chi connectivity index (χ1) is 9.02. The number of aliphatic hydroxyl groups is 1. The third-order valence-corrected chi connectivity index (χ3v) is 2.56. The van der Waals surface area contributed by atoms with Crippen LogP contribution in [0.4, 0.5) is 5.69 Å². The molecule has 0 bridgehead atoms. The van der Waals surface area contributed by atoms with E-state index >= 15 is 0 Å². The number of aromatic nitrogens is 2. The van der Waals surface area contributed by atoms with Crippen LogP contribution < -0.4 is 5.32 Å². The van der Waals surface area contributed by atoms with Crippen molar-refractivity contribution in [1.82, 2.24) is 15.1 Å². The molecule has 1 aromatic rings. The zero-order chi connectivity index (χ0) is 14.3. The van der Waals surface area contributed by atoms with Crippen molar-refractivity contribution in [3.05, 3.63) is 22.5 Å². The largest absolute Gasteiger partial charge is 0.391 e. The fourth-order valence-corrected chi connectivity index (χ4v) is 1.54. The van der Waals surface area contributed by atoms with E-state index in [2.05, 4.69) is 10.4 Å². The van der Waals surface area contributed by atoms with Crippen LogP contribution in [0.15, 0.2) is 12.4 Å². The average Bonchev–Trinajstić information content (AvgIpc) is 2.83. The molecule has 1 rings (SSSR count). The predicted molar refractivity (Wildman–Crippen MR) is 67.4 cm³/mol. The molecule has 0 spiro atoms. The Hall–Kier alpha value is -1.96. The Morgan fingerprint density at radius 3 is 3.00 bits per heavy atom. The molecule has 8 nitrogen and oxygen atoms in total. The van der Waals surface area contributed by atoms with Crippen LogP contribution in [0.3, 0.4) is 0 Å². The van der Waals surface area contributed by atoms with Crippen molar-refractivity contribution in [3.8, 4) is 0 Å². The molecule has 0 saturated carbocycles. The maximum absolute atomic E-state index is 11.5. The third kappa shape index (κ3) is 5.47. The number of aliphatic hydroxyl groups excluding tert-OH is 1. The minimum atomic E-state index is -0.537. The maximum atomic E-state index is 11.5. The second-order valence-corrected chi connectivity index (χ2v) is 4.22. The van der Waals surface area contributed by atoms with Gasteiger partial charge in [0.2, 0.25) is 5.91 Å². The van der Waals surface area contributed by atoms with Gasteiger partial charge in [0.1, 0.15) is 12.4 Å². The molecule has 106 valence electrons. The van der Waals surface area contributed by atoms with E-state index in [4.69, 9.17) is 0 Å². The van der Waals surface area contributed by atoms with E-state index in [1.54, 1.807) is 0 Å². The number of hydrogen-bond donors (Lipinski definition) is 2. The standard InChI is InChI=1S/C11H18N4O4/c1-2-3-10(16)7-12-11(17)4-5-14-8-9(6-13-14)15(18)19/h6,8,10,16H,2-5,7H2,1H3,(H,12,17). The lowest BCUT2D eigenvalue weighted by atomic mass is 10.2. The van der Waals surface area contributed by atoms with Crippen LogP contribution in [0.25, 0.3) is 0 Å². The van der Waals surface area contributed by atoms with Gasteiger partial charge in [-0.3, -0.25) is 19.6 Å². The minimum Gasteiger partial charge on any atom is -0.391 e. The Bertz CT molecular complexity index is 432. The molecule has 0 aliphatic rings. The molecular weight excluding hydrogens is 252 g/mol. The van der Waals surface area contributed by atoms with Crippen LogP contribution in [-0.2, 0) is 11.3 Å². The Morgan fingerprint density at radius 1 is 1.68 bits per heavy atom. The highest BCUT2D eigenvalue weighted by atomic mass is 16.6. The van der Waals surface area contributed by atoms with Gasteiger partial charge in [-0.05, 0) is 6.42 Å². The van der Waals surface area contributed by atoms with Crippen molar-refractivity contribution in [2.45, 2.75) is 38.8 Å². The summed E-state index contributed by atoms with van der Waals surface area (Å²) in [7, 11) is 0. The van der Waals surface area contributed by atoms with Crippen molar-refractivity contribution in [2.75, 3.05) is 6.54 Å². The van der Waals surface area contributed by atoms with Gasteiger partial charge in [-0.1, -0.05) is 13.3 Å². The number of amides is 1. The zero-order valence-corrected chi connectivity index (χ0v) is 10.8. The number of carbonyl (C=O) groups is 1. The molecule has 0 aliphatic heterocycles. The summed E-state index contributed by atoms with van der Waals surface area (Å²) >= 11 is 0. The van der Waals surface area contributed by atoms with Crippen molar-refractivity contribution < 1.29 is 14.8 Å². The number of aryl methyl sites for hydroxylation is 1. The lowest BCUT2D eigenvalue weighted by Gasteiger charge is -2.10. The number of nitrogens with zero attached hydrogens (tertiary/aromatic N) is 3. The van der Waals surface area contributed by atoms with Gasteiger partial charge >= 0.3 is 5.69 Å². The minimum absolute atomic E-state index is 0.0984. The molecule has 2 N–H and O–H groups in total. The molecule has 0 aliphatic carbocycles. The Morgan fingerprint density at radius 2 is 2.42 bits per heavy atom. The highest BCUT2D eigenvalue weighted by molar-refractivity contribution is 5.75. The van der Waals surface area contributed by atoms with Crippen LogP contribution in [0.5, 0.6) is 0 Å². The van der Waals surface area contributed by atoms with Gasteiger partial charge in [0.05, 0.1) is 11.0 Å². The quantitative estimate of drug-likeness (QED) is 0.526. The second kappa shape index (κ2) is 7.47. The number of nitrogens with one attached hydrogen (secondary N) is 1. The van der Waals surface area contributed by atoms with Crippen molar-refractivity contribution in [2.24, 2.45) is 0 Å². The fourth-order valence-electron chi connectivity index (χ4n) is 1.54. The third-order valence-electron chi connectivity index (χ3n) is 2.56. The van der Waals surface area contributed by atoms with Crippen molar-refractivity contribution in [1.29, 1.82) is 0 Å². The number of nitro groups is 1. The summed E-state index contributed by atoms with van der Waals surface area (Å²) in [6, 6.07) is 0. The molecule has 1 aromatic heterocycles.